The first-order valence-electron chi connectivity index (χ1n) is 8.64. The molecule has 2 saturated heterocycles. The van der Waals surface area contributed by atoms with Gasteiger partial charge in [-0.3, -0.25) is 4.79 Å². The van der Waals surface area contributed by atoms with Crippen molar-refractivity contribution in [3.05, 3.63) is 29.6 Å². The molecule has 1 amide bonds. The minimum atomic E-state index is -0.356. The Kier molecular flexibility index (Phi) is 5.68. The zero-order valence-electron chi connectivity index (χ0n) is 14.2. The molecular formula is C18H25FN2O3. The molecule has 1 aromatic carbocycles. The van der Waals surface area contributed by atoms with Gasteiger partial charge < -0.3 is 19.3 Å². The van der Waals surface area contributed by atoms with Gasteiger partial charge in [0.1, 0.15) is 5.82 Å². The highest BCUT2D eigenvalue weighted by atomic mass is 19.1. The van der Waals surface area contributed by atoms with E-state index >= 15 is 0 Å². The Morgan fingerprint density at radius 3 is 2.75 bits per heavy atom. The highest BCUT2D eigenvalue weighted by Gasteiger charge is 2.21. The van der Waals surface area contributed by atoms with Gasteiger partial charge in [0.05, 0.1) is 25.0 Å². The van der Waals surface area contributed by atoms with E-state index < -0.39 is 0 Å². The van der Waals surface area contributed by atoms with Crippen molar-refractivity contribution in [3.8, 4) is 0 Å². The number of hydrogen-bond acceptors (Lipinski definition) is 4. The van der Waals surface area contributed by atoms with Gasteiger partial charge in [0.15, 0.2) is 0 Å². The number of rotatable bonds is 4. The van der Waals surface area contributed by atoms with Gasteiger partial charge in [0.25, 0.3) is 5.91 Å². The Morgan fingerprint density at radius 1 is 1.29 bits per heavy atom. The molecule has 5 nitrogen and oxygen atoms in total. The summed E-state index contributed by atoms with van der Waals surface area (Å²) < 4.78 is 25.4. The van der Waals surface area contributed by atoms with Crippen LogP contribution in [0.25, 0.3) is 0 Å². The van der Waals surface area contributed by atoms with Crippen molar-refractivity contribution in [2.24, 2.45) is 0 Å². The van der Waals surface area contributed by atoms with Gasteiger partial charge in [-0.05, 0) is 37.5 Å². The number of morpholine rings is 1. The molecule has 2 aliphatic rings. The van der Waals surface area contributed by atoms with Crippen LogP contribution in [-0.4, -0.2) is 63.4 Å². The van der Waals surface area contributed by atoms with E-state index in [4.69, 9.17) is 9.47 Å². The normalized spacial score (nSPS) is 21.6. The van der Waals surface area contributed by atoms with Gasteiger partial charge in [-0.25, -0.2) is 4.39 Å². The van der Waals surface area contributed by atoms with Gasteiger partial charge in [-0.15, -0.1) is 0 Å². The van der Waals surface area contributed by atoms with E-state index in [0.29, 0.717) is 44.1 Å². The second-order valence-corrected chi connectivity index (χ2v) is 6.44. The zero-order valence-corrected chi connectivity index (χ0v) is 14.2. The molecular weight excluding hydrogens is 311 g/mol. The molecule has 2 aliphatic heterocycles. The molecule has 3 rings (SSSR count). The van der Waals surface area contributed by atoms with Crippen molar-refractivity contribution in [1.82, 2.24) is 4.90 Å². The number of amides is 1. The largest absolute Gasteiger partial charge is 0.378 e. The van der Waals surface area contributed by atoms with E-state index in [2.05, 4.69) is 0 Å². The van der Waals surface area contributed by atoms with Crippen LogP contribution < -0.4 is 4.90 Å². The van der Waals surface area contributed by atoms with Crippen LogP contribution in [0.5, 0.6) is 0 Å². The lowest BCUT2D eigenvalue weighted by Crippen LogP contribution is -2.38. The van der Waals surface area contributed by atoms with Crippen LogP contribution in [0.15, 0.2) is 18.2 Å². The molecule has 1 atom stereocenters. The number of ether oxygens (including phenoxy) is 2. The third-order valence-corrected chi connectivity index (χ3v) is 4.64. The second-order valence-electron chi connectivity index (χ2n) is 6.44. The molecule has 1 aromatic rings. The van der Waals surface area contributed by atoms with Gasteiger partial charge in [-0.1, -0.05) is 0 Å². The summed E-state index contributed by atoms with van der Waals surface area (Å²) in [4.78, 5) is 16.1. The predicted molar refractivity (Wildman–Crippen MR) is 90.0 cm³/mol. The quantitative estimate of drug-likeness (QED) is 0.846. The minimum absolute atomic E-state index is 0.0881. The summed E-state index contributed by atoms with van der Waals surface area (Å²) >= 11 is 0. The molecule has 0 N–H and O–H groups in total. The maximum absolute atomic E-state index is 14.4. The lowest BCUT2D eigenvalue weighted by molar-refractivity contribution is -0.000192. The smallest absolute Gasteiger partial charge is 0.253 e. The number of carbonyl (C=O) groups excluding carboxylic acids is 1. The summed E-state index contributed by atoms with van der Waals surface area (Å²) in [5.41, 5.74) is 0.913. The summed E-state index contributed by atoms with van der Waals surface area (Å²) in [6, 6.07) is 4.73. The number of benzene rings is 1. The summed E-state index contributed by atoms with van der Waals surface area (Å²) in [6.45, 7) is 3.85. The van der Waals surface area contributed by atoms with E-state index in [0.717, 1.165) is 25.9 Å². The molecule has 6 heteroatoms. The minimum Gasteiger partial charge on any atom is -0.378 e. The molecule has 0 aliphatic carbocycles. The fourth-order valence-corrected chi connectivity index (χ4v) is 3.26. The maximum Gasteiger partial charge on any atom is 0.253 e. The van der Waals surface area contributed by atoms with E-state index in [9.17, 15) is 9.18 Å². The first-order chi connectivity index (χ1) is 11.6. The number of anilines is 1. The molecule has 132 valence electrons. The zero-order chi connectivity index (χ0) is 16.9. The third-order valence-electron chi connectivity index (χ3n) is 4.64. The highest BCUT2D eigenvalue weighted by molar-refractivity contribution is 5.94. The fraction of sp³-hybridized carbons (Fsp3) is 0.611. The molecule has 2 fully saturated rings. The van der Waals surface area contributed by atoms with Crippen LogP contribution in [0, 0.1) is 5.82 Å². The van der Waals surface area contributed by atoms with E-state index in [1.54, 1.807) is 24.1 Å². The number of carbonyl (C=O) groups is 1. The number of nitrogens with zero attached hydrogens (tertiary/aromatic N) is 2. The topological polar surface area (TPSA) is 42.0 Å². The summed E-state index contributed by atoms with van der Waals surface area (Å²) in [7, 11) is 1.74. The van der Waals surface area contributed by atoms with Crippen molar-refractivity contribution in [3.63, 3.8) is 0 Å². The van der Waals surface area contributed by atoms with Crippen LogP contribution in [0.1, 0.15) is 29.6 Å². The third kappa shape index (κ3) is 4.05. The maximum atomic E-state index is 14.4. The molecule has 24 heavy (non-hydrogen) atoms. The molecule has 0 spiro atoms. The summed E-state index contributed by atoms with van der Waals surface area (Å²) in [5, 5.41) is 0. The van der Waals surface area contributed by atoms with Gasteiger partial charge in [0, 0.05) is 38.9 Å². The number of likely N-dealkylation sites (N-methyl/N-ethyl adjacent to an activating group) is 1. The Bertz CT molecular complexity index is 569. The standard InChI is InChI=1S/C18H25FN2O3/c1-20(13-15-4-2-3-9-24-15)18(22)14-5-6-17(16(19)12-14)21-7-10-23-11-8-21/h5-6,12,15H,2-4,7-11,13H2,1H3/t15-/m1/s1. The van der Waals surface area contributed by atoms with E-state index in [1.807, 2.05) is 4.90 Å². The Hall–Kier alpha value is -1.66. The average Bonchev–Trinajstić information content (AvgIpc) is 2.62. The van der Waals surface area contributed by atoms with Crippen LogP contribution in [0.4, 0.5) is 10.1 Å². The average molecular weight is 336 g/mol. The van der Waals surface area contributed by atoms with Crippen molar-refractivity contribution in [1.29, 1.82) is 0 Å². The molecule has 0 unspecified atom stereocenters. The van der Waals surface area contributed by atoms with Crippen LogP contribution in [-0.2, 0) is 9.47 Å². The van der Waals surface area contributed by atoms with Gasteiger partial charge >= 0.3 is 0 Å². The van der Waals surface area contributed by atoms with Crippen molar-refractivity contribution < 1.29 is 18.7 Å². The molecule has 0 aromatic heterocycles. The Morgan fingerprint density at radius 2 is 2.08 bits per heavy atom. The Balaban J connectivity index is 1.64. The lowest BCUT2D eigenvalue weighted by atomic mass is 10.1. The summed E-state index contributed by atoms with van der Waals surface area (Å²) in [6.07, 6.45) is 3.28. The van der Waals surface area contributed by atoms with E-state index in [1.165, 1.54) is 6.07 Å². The summed E-state index contributed by atoms with van der Waals surface area (Å²) in [5.74, 6) is -0.526. The van der Waals surface area contributed by atoms with Crippen LogP contribution in [0.3, 0.4) is 0 Å². The number of hydrogen-bond donors (Lipinski definition) is 0. The molecule has 0 saturated carbocycles. The van der Waals surface area contributed by atoms with E-state index in [-0.39, 0.29) is 17.8 Å². The first kappa shape index (κ1) is 17.2. The monoisotopic (exact) mass is 336 g/mol. The lowest BCUT2D eigenvalue weighted by Gasteiger charge is -2.29. The van der Waals surface area contributed by atoms with Gasteiger partial charge in [-0.2, -0.15) is 0 Å². The molecule has 0 bridgehead atoms. The number of halogens is 1. The van der Waals surface area contributed by atoms with Crippen molar-refractivity contribution in [2.45, 2.75) is 25.4 Å². The SMILES string of the molecule is CN(C[C@H]1CCCCO1)C(=O)c1ccc(N2CCOCC2)c(F)c1. The molecule has 0 radical (unpaired) electrons. The first-order valence-corrected chi connectivity index (χ1v) is 8.64. The molecule has 2 heterocycles. The Labute approximate surface area is 142 Å². The highest BCUT2D eigenvalue weighted by Crippen LogP contribution is 2.22. The van der Waals surface area contributed by atoms with Crippen LogP contribution >= 0.6 is 0 Å². The van der Waals surface area contributed by atoms with Crippen molar-refractivity contribution in [2.75, 3.05) is 51.4 Å². The predicted octanol–water partition coefficient (Wildman–Crippen LogP) is 2.30. The van der Waals surface area contributed by atoms with Crippen molar-refractivity contribution >= 4 is 11.6 Å². The fourth-order valence-electron chi connectivity index (χ4n) is 3.26. The second kappa shape index (κ2) is 7.94. The van der Waals surface area contributed by atoms with Crippen LogP contribution in [0.2, 0.25) is 0 Å². The van der Waals surface area contributed by atoms with Gasteiger partial charge in [0.2, 0.25) is 0 Å².